The number of nitrogens with zero attached hydrogens (tertiary/aromatic N) is 2. The van der Waals surface area contributed by atoms with Crippen LogP contribution in [0.3, 0.4) is 0 Å². The van der Waals surface area contributed by atoms with Gasteiger partial charge < -0.3 is 10.2 Å². The number of nitrogens with one attached hydrogen (secondary N) is 1. The minimum Gasteiger partial charge on any atom is -0.374 e. The number of benzene rings is 2. The van der Waals surface area contributed by atoms with Crippen LogP contribution in [0.15, 0.2) is 60.7 Å². The summed E-state index contributed by atoms with van der Waals surface area (Å²) >= 11 is 0. The van der Waals surface area contributed by atoms with Crippen LogP contribution in [0.5, 0.6) is 0 Å². The Hall–Kier alpha value is -2.66. The average molecular weight is 353 g/mol. The van der Waals surface area contributed by atoms with E-state index in [0.29, 0.717) is 18.8 Å². The molecule has 3 rings (SSSR count). The highest BCUT2D eigenvalue weighted by molar-refractivity contribution is 5.81. The Morgan fingerprint density at radius 1 is 1.00 bits per heavy atom. The van der Waals surface area contributed by atoms with Gasteiger partial charge in [0, 0.05) is 32.7 Å². The second-order valence-electron chi connectivity index (χ2n) is 6.33. The van der Waals surface area contributed by atoms with Crippen LogP contribution in [0.1, 0.15) is 5.56 Å². The lowest BCUT2D eigenvalue weighted by atomic mass is 10.2. The second kappa shape index (κ2) is 9.15. The van der Waals surface area contributed by atoms with Crippen LogP contribution in [0, 0.1) is 5.82 Å². The van der Waals surface area contributed by atoms with Gasteiger partial charge >= 0.3 is 0 Å². The van der Waals surface area contributed by atoms with Crippen molar-refractivity contribution in [1.29, 1.82) is 0 Å². The number of para-hydroxylation sites is 1. The summed E-state index contributed by atoms with van der Waals surface area (Å²) in [7, 11) is 0. The number of anilines is 1. The maximum Gasteiger partial charge on any atom is 0.241 e. The second-order valence-corrected chi connectivity index (χ2v) is 6.33. The SMILES string of the molecule is O=C(CNc1ccccc1F)N1CCN(C/C=C/c2ccccc2)CC1. The maximum absolute atomic E-state index is 13.6. The monoisotopic (exact) mass is 353 g/mol. The lowest BCUT2D eigenvalue weighted by molar-refractivity contribution is -0.130. The zero-order valence-electron chi connectivity index (χ0n) is 14.8. The van der Waals surface area contributed by atoms with E-state index in [2.05, 4.69) is 34.5 Å². The Kier molecular flexibility index (Phi) is 6.39. The zero-order valence-corrected chi connectivity index (χ0v) is 14.8. The Morgan fingerprint density at radius 2 is 1.69 bits per heavy atom. The molecule has 0 bridgehead atoms. The molecule has 5 heteroatoms. The molecule has 1 heterocycles. The van der Waals surface area contributed by atoms with Gasteiger partial charge in [0.25, 0.3) is 0 Å². The van der Waals surface area contributed by atoms with Gasteiger partial charge in [0.1, 0.15) is 5.82 Å². The Balaban J connectivity index is 1.39. The van der Waals surface area contributed by atoms with Gasteiger partial charge in [0.05, 0.1) is 12.2 Å². The van der Waals surface area contributed by atoms with Crippen LogP contribution in [0.4, 0.5) is 10.1 Å². The van der Waals surface area contributed by atoms with Crippen LogP contribution in [0.25, 0.3) is 6.08 Å². The molecule has 0 atom stereocenters. The van der Waals surface area contributed by atoms with Crippen LogP contribution >= 0.6 is 0 Å². The highest BCUT2D eigenvalue weighted by Crippen LogP contribution is 2.12. The third kappa shape index (κ3) is 5.17. The Labute approximate surface area is 153 Å². The minimum absolute atomic E-state index is 0.00716. The number of piperazine rings is 1. The Bertz CT molecular complexity index is 740. The molecular weight excluding hydrogens is 329 g/mol. The molecule has 1 amide bonds. The quantitative estimate of drug-likeness (QED) is 0.867. The van der Waals surface area contributed by atoms with Gasteiger partial charge in [-0.25, -0.2) is 4.39 Å². The summed E-state index contributed by atoms with van der Waals surface area (Å²) in [5.74, 6) is -0.331. The molecule has 0 aromatic heterocycles. The van der Waals surface area contributed by atoms with E-state index < -0.39 is 0 Å². The predicted octanol–water partition coefficient (Wildman–Crippen LogP) is 3.10. The van der Waals surface area contributed by atoms with Gasteiger partial charge in [0.15, 0.2) is 0 Å². The molecule has 0 unspecified atom stereocenters. The summed E-state index contributed by atoms with van der Waals surface area (Å²) < 4.78 is 13.6. The van der Waals surface area contributed by atoms with E-state index in [-0.39, 0.29) is 18.3 Å². The fourth-order valence-electron chi connectivity index (χ4n) is 2.97. The molecule has 2 aromatic carbocycles. The smallest absolute Gasteiger partial charge is 0.241 e. The van der Waals surface area contributed by atoms with E-state index >= 15 is 0 Å². The first-order valence-corrected chi connectivity index (χ1v) is 8.92. The fourth-order valence-corrected chi connectivity index (χ4v) is 2.97. The number of rotatable bonds is 6. The summed E-state index contributed by atoms with van der Waals surface area (Å²) in [5.41, 5.74) is 1.56. The first-order chi connectivity index (χ1) is 12.7. The standard InChI is InChI=1S/C21H24FN3O/c22-19-10-4-5-11-20(19)23-17-21(26)25-15-13-24(14-16-25)12-6-9-18-7-2-1-3-8-18/h1-11,23H,12-17H2/b9-6+. The van der Waals surface area contributed by atoms with Crippen LogP contribution in [-0.4, -0.2) is 55.0 Å². The van der Waals surface area contributed by atoms with Crippen molar-refractivity contribution in [2.75, 3.05) is 44.6 Å². The van der Waals surface area contributed by atoms with E-state index in [1.807, 2.05) is 23.1 Å². The van der Waals surface area contributed by atoms with E-state index in [1.165, 1.54) is 11.6 Å². The molecule has 2 aromatic rings. The first kappa shape index (κ1) is 18.1. The summed E-state index contributed by atoms with van der Waals surface area (Å²) in [6.45, 7) is 4.11. The van der Waals surface area contributed by atoms with Gasteiger partial charge in [-0.1, -0.05) is 54.6 Å². The first-order valence-electron chi connectivity index (χ1n) is 8.92. The molecule has 0 saturated carbocycles. The van der Waals surface area contributed by atoms with Crippen LogP contribution in [-0.2, 0) is 4.79 Å². The van der Waals surface area contributed by atoms with Gasteiger partial charge in [-0.3, -0.25) is 9.69 Å². The lowest BCUT2D eigenvalue weighted by Crippen LogP contribution is -2.50. The summed E-state index contributed by atoms with van der Waals surface area (Å²) in [6, 6.07) is 16.6. The van der Waals surface area contributed by atoms with Crippen molar-refractivity contribution in [3.63, 3.8) is 0 Å². The molecule has 1 aliphatic heterocycles. The fraction of sp³-hybridized carbons (Fsp3) is 0.286. The van der Waals surface area contributed by atoms with E-state index in [0.717, 1.165) is 19.6 Å². The average Bonchev–Trinajstić information content (AvgIpc) is 2.68. The highest BCUT2D eigenvalue weighted by Gasteiger charge is 2.20. The molecule has 4 nitrogen and oxygen atoms in total. The van der Waals surface area contributed by atoms with Crippen molar-refractivity contribution in [2.45, 2.75) is 0 Å². The molecule has 136 valence electrons. The number of carbonyl (C=O) groups is 1. The molecule has 1 aliphatic rings. The molecule has 1 saturated heterocycles. The largest absolute Gasteiger partial charge is 0.374 e. The van der Waals surface area contributed by atoms with Gasteiger partial charge in [0.2, 0.25) is 5.91 Å². The maximum atomic E-state index is 13.6. The van der Waals surface area contributed by atoms with Gasteiger partial charge in [-0.2, -0.15) is 0 Å². The van der Waals surface area contributed by atoms with Crippen molar-refractivity contribution < 1.29 is 9.18 Å². The molecule has 1 fully saturated rings. The predicted molar refractivity (Wildman–Crippen MR) is 103 cm³/mol. The lowest BCUT2D eigenvalue weighted by Gasteiger charge is -2.34. The highest BCUT2D eigenvalue weighted by atomic mass is 19.1. The number of carbonyl (C=O) groups excluding carboxylic acids is 1. The van der Waals surface area contributed by atoms with Crippen molar-refractivity contribution in [3.8, 4) is 0 Å². The minimum atomic E-state index is -0.338. The van der Waals surface area contributed by atoms with Crippen molar-refractivity contribution in [1.82, 2.24) is 9.80 Å². The van der Waals surface area contributed by atoms with Crippen molar-refractivity contribution >= 4 is 17.7 Å². The van der Waals surface area contributed by atoms with Crippen LogP contribution in [0.2, 0.25) is 0 Å². The molecule has 26 heavy (non-hydrogen) atoms. The van der Waals surface area contributed by atoms with Crippen molar-refractivity contribution in [2.24, 2.45) is 0 Å². The number of halogens is 1. The third-order valence-corrected chi connectivity index (χ3v) is 4.50. The Morgan fingerprint density at radius 3 is 2.42 bits per heavy atom. The third-order valence-electron chi connectivity index (χ3n) is 4.50. The number of hydrogen-bond acceptors (Lipinski definition) is 3. The van der Waals surface area contributed by atoms with E-state index in [1.54, 1.807) is 18.2 Å². The molecular formula is C21H24FN3O. The van der Waals surface area contributed by atoms with E-state index in [4.69, 9.17) is 0 Å². The van der Waals surface area contributed by atoms with Gasteiger partial charge in [-0.15, -0.1) is 0 Å². The van der Waals surface area contributed by atoms with Gasteiger partial charge in [-0.05, 0) is 17.7 Å². The normalized spacial score (nSPS) is 15.3. The van der Waals surface area contributed by atoms with E-state index in [9.17, 15) is 9.18 Å². The summed E-state index contributed by atoms with van der Waals surface area (Å²) in [5, 5.41) is 2.88. The zero-order chi connectivity index (χ0) is 18.2. The topological polar surface area (TPSA) is 35.6 Å². The van der Waals surface area contributed by atoms with Crippen LogP contribution < -0.4 is 5.32 Å². The molecule has 1 N–H and O–H groups in total. The molecule has 0 radical (unpaired) electrons. The number of amides is 1. The molecule has 0 spiro atoms. The summed E-state index contributed by atoms with van der Waals surface area (Å²) in [4.78, 5) is 16.5. The summed E-state index contributed by atoms with van der Waals surface area (Å²) in [6.07, 6.45) is 4.28. The number of hydrogen-bond donors (Lipinski definition) is 1. The molecule has 0 aliphatic carbocycles. The van der Waals surface area contributed by atoms with Crippen molar-refractivity contribution in [3.05, 3.63) is 72.1 Å².